The number of aliphatic hydroxyl groups excluding tert-OH is 1. The van der Waals surface area contributed by atoms with Gasteiger partial charge >= 0.3 is 6.03 Å². The number of nitrogens with one attached hydrogen (secondary N) is 1. The van der Waals surface area contributed by atoms with Crippen LogP contribution in [0.1, 0.15) is 6.92 Å². The summed E-state index contributed by atoms with van der Waals surface area (Å²) in [5, 5.41) is 21.8. The predicted octanol–water partition coefficient (Wildman–Crippen LogP) is -1.01. The first-order valence-electron chi connectivity index (χ1n) is 4.96. The Kier molecular flexibility index (Phi) is 2.87. The van der Waals surface area contributed by atoms with E-state index >= 15 is 0 Å². The van der Waals surface area contributed by atoms with Gasteiger partial charge in [0.1, 0.15) is 11.5 Å². The third-order valence-electron chi connectivity index (χ3n) is 2.71. The van der Waals surface area contributed by atoms with Crippen LogP contribution >= 0.6 is 11.8 Å². The Labute approximate surface area is 97.5 Å². The maximum Gasteiger partial charge on any atom is 0.323 e. The number of nitrogens with zero attached hydrogens (tertiary/aromatic N) is 1. The quantitative estimate of drug-likeness (QED) is 0.475. The van der Waals surface area contributed by atoms with E-state index in [0.717, 1.165) is 0 Å². The van der Waals surface area contributed by atoms with Gasteiger partial charge in [-0.2, -0.15) is 0 Å². The van der Waals surface area contributed by atoms with E-state index in [1.54, 1.807) is 19.2 Å². The molecule has 0 saturated carbocycles. The van der Waals surface area contributed by atoms with Gasteiger partial charge in [0.15, 0.2) is 0 Å². The number of thioether (sulfide) groups is 1. The summed E-state index contributed by atoms with van der Waals surface area (Å²) in [6.45, 7) is 1.56. The molecule has 1 fully saturated rings. The average Bonchev–Trinajstić information content (AvgIpc) is 2.44. The van der Waals surface area contributed by atoms with E-state index in [2.05, 4.69) is 5.32 Å². The smallest absolute Gasteiger partial charge is 0.323 e. The molecular formula is C9H15N3O3S. The molecule has 2 aliphatic rings. The number of hydrogen-bond donors (Lipinski definition) is 4. The third-order valence-corrected chi connectivity index (χ3v) is 4.28. The molecule has 0 aromatic carbocycles. The minimum atomic E-state index is -1.16. The van der Waals surface area contributed by atoms with Gasteiger partial charge in [0.05, 0.1) is 11.8 Å². The van der Waals surface area contributed by atoms with E-state index in [-0.39, 0.29) is 6.03 Å². The molecule has 2 unspecified atom stereocenters. The Morgan fingerprint density at radius 1 is 1.75 bits per heavy atom. The number of amides is 2. The van der Waals surface area contributed by atoms with Crippen molar-refractivity contribution in [3.8, 4) is 0 Å². The zero-order valence-electron chi connectivity index (χ0n) is 8.83. The Morgan fingerprint density at radius 2 is 2.44 bits per heavy atom. The second kappa shape index (κ2) is 3.92. The predicted molar refractivity (Wildman–Crippen MR) is 60.4 cm³/mol. The molecule has 0 spiro atoms. The van der Waals surface area contributed by atoms with Crippen molar-refractivity contribution < 1.29 is 15.0 Å². The minimum Gasteiger partial charge on any atom is -0.387 e. The van der Waals surface area contributed by atoms with Crippen molar-refractivity contribution in [1.29, 1.82) is 0 Å². The van der Waals surface area contributed by atoms with E-state index < -0.39 is 23.2 Å². The van der Waals surface area contributed by atoms with E-state index in [1.165, 1.54) is 16.7 Å². The summed E-state index contributed by atoms with van der Waals surface area (Å²) >= 11 is 1.34. The molecule has 0 aromatic rings. The number of nitrogens with two attached hydrogens (primary N) is 1. The number of aliphatic hydroxyl groups is 2. The molecule has 2 heterocycles. The van der Waals surface area contributed by atoms with Crippen LogP contribution in [0, 0.1) is 0 Å². The summed E-state index contributed by atoms with van der Waals surface area (Å²) in [5.74, 6) is 0.391. The number of hydrogen-bond acceptors (Lipinski definition) is 5. The normalized spacial score (nSPS) is 43.6. The molecule has 2 amide bonds. The molecule has 16 heavy (non-hydrogen) atoms. The van der Waals surface area contributed by atoms with Gasteiger partial charge in [0, 0.05) is 12.0 Å². The second-order valence-electron chi connectivity index (χ2n) is 4.23. The molecule has 5 N–H and O–H groups in total. The van der Waals surface area contributed by atoms with Crippen LogP contribution in [-0.2, 0) is 0 Å². The molecule has 6 nitrogen and oxygen atoms in total. The largest absolute Gasteiger partial charge is 0.387 e. The van der Waals surface area contributed by atoms with Gasteiger partial charge in [-0.25, -0.2) is 4.79 Å². The van der Waals surface area contributed by atoms with E-state index in [1.807, 2.05) is 0 Å². The molecular weight excluding hydrogens is 230 g/mol. The van der Waals surface area contributed by atoms with Crippen LogP contribution < -0.4 is 11.1 Å². The monoisotopic (exact) mass is 245 g/mol. The highest BCUT2D eigenvalue weighted by Gasteiger charge is 2.47. The molecule has 0 aromatic heterocycles. The highest BCUT2D eigenvalue weighted by Crippen LogP contribution is 2.37. The van der Waals surface area contributed by atoms with Crippen molar-refractivity contribution in [2.45, 2.75) is 30.2 Å². The Bertz CT molecular complexity index is 334. The van der Waals surface area contributed by atoms with Crippen LogP contribution in [0.15, 0.2) is 12.3 Å². The maximum atomic E-state index is 11.6. The summed E-state index contributed by atoms with van der Waals surface area (Å²) in [4.78, 5) is 13.0. The van der Waals surface area contributed by atoms with Crippen LogP contribution in [0.5, 0.6) is 0 Å². The molecule has 7 heteroatoms. The Balaban J connectivity index is 2.15. The molecule has 2 aliphatic heterocycles. The molecule has 0 aliphatic carbocycles. The van der Waals surface area contributed by atoms with Crippen LogP contribution in [0.3, 0.4) is 0 Å². The van der Waals surface area contributed by atoms with Crippen molar-refractivity contribution in [1.82, 2.24) is 10.2 Å². The highest BCUT2D eigenvalue weighted by molar-refractivity contribution is 8.00. The Hall–Kier alpha value is -0.760. The fraction of sp³-hybridized carbons (Fsp3) is 0.667. The Morgan fingerprint density at radius 3 is 2.94 bits per heavy atom. The van der Waals surface area contributed by atoms with Crippen LogP contribution in [0.4, 0.5) is 4.79 Å². The highest BCUT2D eigenvalue weighted by atomic mass is 32.2. The van der Waals surface area contributed by atoms with Gasteiger partial charge in [-0.05, 0) is 13.0 Å². The van der Waals surface area contributed by atoms with Crippen LogP contribution in [-0.4, -0.2) is 50.1 Å². The summed E-state index contributed by atoms with van der Waals surface area (Å²) < 4.78 is 0. The van der Waals surface area contributed by atoms with Gasteiger partial charge in [0.25, 0.3) is 0 Å². The summed E-state index contributed by atoms with van der Waals surface area (Å²) in [6, 6.07) is -0.357. The van der Waals surface area contributed by atoms with E-state index in [4.69, 9.17) is 5.73 Å². The molecule has 4 atom stereocenters. The average molecular weight is 245 g/mol. The first kappa shape index (κ1) is 11.7. The standard InChI is InChI=1S/C9H15N3O3S/c1-9(15)4-16-7(6(9)13)12-3-2-5(10)11-8(12)14/h2-3,5-7,13,15H,4,10H2,1H3,(H,11,14)/t5?,6-,7?,9+/m0/s1. The van der Waals surface area contributed by atoms with Gasteiger partial charge in [-0.15, -0.1) is 11.8 Å². The molecule has 1 saturated heterocycles. The summed E-state index contributed by atoms with van der Waals surface area (Å²) in [6.07, 6.45) is 1.71. The number of carbonyl (C=O) groups is 1. The lowest BCUT2D eigenvalue weighted by molar-refractivity contribution is -0.0474. The third kappa shape index (κ3) is 1.91. The molecule has 2 rings (SSSR count). The van der Waals surface area contributed by atoms with Crippen molar-refractivity contribution in [2.75, 3.05) is 5.75 Å². The number of rotatable bonds is 1. The van der Waals surface area contributed by atoms with Gasteiger partial charge in [-0.3, -0.25) is 4.90 Å². The molecule has 0 radical (unpaired) electrons. The van der Waals surface area contributed by atoms with E-state index in [0.29, 0.717) is 5.75 Å². The van der Waals surface area contributed by atoms with E-state index in [9.17, 15) is 15.0 Å². The summed E-state index contributed by atoms with van der Waals surface area (Å²) in [5.41, 5.74) is 4.35. The van der Waals surface area contributed by atoms with Crippen molar-refractivity contribution in [2.24, 2.45) is 5.73 Å². The number of urea groups is 1. The second-order valence-corrected chi connectivity index (χ2v) is 5.33. The molecule has 90 valence electrons. The molecule has 0 bridgehead atoms. The van der Waals surface area contributed by atoms with Crippen LogP contribution in [0.2, 0.25) is 0 Å². The zero-order valence-corrected chi connectivity index (χ0v) is 9.65. The van der Waals surface area contributed by atoms with Crippen LogP contribution in [0.25, 0.3) is 0 Å². The zero-order chi connectivity index (χ0) is 11.9. The SMILES string of the molecule is C[C@@]1(O)CSC(N2C=CC(N)NC2=O)[C@@H]1O. The topological polar surface area (TPSA) is 98.8 Å². The first-order chi connectivity index (χ1) is 7.42. The summed E-state index contributed by atoms with van der Waals surface area (Å²) in [7, 11) is 0. The fourth-order valence-electron chi connectivity index (χ4n) is 1.69. The van der Waals surface area contributed by atoms with Gasteiger partial charge in [0.2, 0.25) is 0 Å². The fourth-order valence-corrected chi connectivity index (χ4v) is 3.17. The maximum absolute atomic E-state index is 11.6. The first-order valence-corrected chi connectivity index (χ1v) is 6.01. The van der Waals surface area contributed by atoms with Crippen molar-refractivity contribution >= 4 is 17.8 Å². The minimum absolute atomic E-state index is 0.357. The van der Waals surface area contributed by atoms with Crippen molar-refractivity contribution in [3.05, 3.63) is 12.3 Å². The lowest BCUT2D eigenvalue weighted by Crippen LogP contribution is -2.55. The lowest BCUT2D eigenvalue weighted by Gasteiger charge is -2.33. The lowest BCUT2D eigenvalue weighted by atomic mass is 10.0. The van der Waals surface area contributed by atoms with Crippen molar-refractivity contribution in [3.63, 3.8) is 0 Å². The number of carbonyl (C=O) groups excluding carboxylic acids is 1. The van der Waals surface area contributed by atoms with Gasteiger partial charge in [-0.1, -0.05) is 0 Å². The van der Waals surface area contributed by atoms with Gasteiger partial charge < -0.3 is 21.3 Å².